The highest BCUT2D eigenvalue weighted by Crippen LogP contribution is 2.43. The third-order valence-corrected chi connectivity index (χ3v) is 9.14. The number of nitrogens with zero attached hydrogens (tertiary/aromatic N) is 3. The van der Waals surface area contributed by atoms with Crippen LogP contribution < -0.4 is 0 Å². The van der Waals surface area contributed by atoms with Crippen LogP contribution in [-0.4, -0.2) is 15.0 Å². The molecule has 0 bridgehead atoms. The van der Waals surface area contributed by atoms with Gasteiger partial charge in [0.2, 0.25) is 0 Å². The van der Waals surface area contributed by atoms with Gasteiger partial charge in [-0.25, -0.2) is 15.0 Å². The molecule has 0 fully saturated rings. The molecular weight excluding hydrogens is 590 g/mol. The molecule has 0 unspecified atom stereocenters. The zero-order valence-electron chi connectivity index (χ0n) is 25.6. The highest BCUT2D eigenvalue weighted by Gasteiger charge is 2.22. The number of hydrogen-bond acceptors (Lipinski definition) is 5. The Balaban J connectivity index is 1.26. The van der Waals surface area contributed by atoms with Crippen LogP contribution in [0.25, 0.3) is 99.9 Å². The van der Waals surface area contributed by atoms with Gasteiger partial charge >= 0.3 is 0 Å². The standard InChI is InChI=1S/C43H25N3O2/c1-3-11-26(12-4-1)30-22-24-37-39(33-16-8-10-18-35(33)48-37)40(30)43-45-41(27-13-5-2-6-14-27)44-42(46-43)29-19-21-31-28(25-29)20-23-36-38(31)32-15-7-9-17-34(32)47-36/h1-25H. The Morgan fingerprint density at radius 2 is 0.917 bits per heavy atom. The SMILES string of the molecule is c1ccc(-c2nc(-c3ccc4c(ccc5oc6ccccc6c54)c3)nc(-c3c(-c4ccccc4)ccc4oc5ccccc5c34)n2)cc1. The van der Waals surface area contributed by atoms with Crippen molar-refractivity contribution in [1.29, 1.82) is 0 Å². The molecule has 3 aromatic heterocycles. The van der Waals surface area contributed by atoms with Crippen molar-refractivity contribution in [2.24, 2.45) is 0 Å². The molecular formula is C43H25N3O2. The zero-order chi connectivity index (χ0) is 31.6. The van der Waals surface area contributed by atoms with E-state index >= 15 is 0 Å². The lowest BCUT2D eigenvalue weighted by atomic mass is 9.94. The summed E-state index contributed by atoms with van der Waals surface area (Å²) in [7, 11) is 0. The van der Waals surface area contributed by atoms with E-state index in [4.69, 9.17) is 23.8 Å². The molecule has 3 heterocycles. The van der Waals surface area contributed by atoms with Crippen molar-refractivity contribution < 1.29 is 8.83 Å². The van der Waals surface area contributed by atoms with Gasteiger partial charge in [0.25, 0.3) is 0 Å². The minimum absolute atomic E-state index is 0.589. The van der Waals surface area contributed by atoms with Gasteiger partial charge < -0.3 is 8.83 Å². The van der Waals surface area contributed by atoms with Gasteiger partial charge in [-0.3, -0.25) is 0 Å². The molecule has 48 heavy (non-hydrogen) atoms. The number of hydrogen-bond donors (Lipinski definition) is 0. The zero-order valence-corrected chi connectivity index (χ0v) is 25.6. The van der Waals surface area contributed by atoms with E-state index in [1.165, 1.54) is 0 Å². The molecule has 0 saturated carbocycles. The number of aromatic nitrogens is 3. The smallest absolute Gasteiger partial charge is 0.165 e. The molecule has 0 N–H and O–H groups in total. The highest BCUT2D eigenvalue weighted by molar-refractivity contribution is 6.19. The van der Waals surface area contributed by atoms with Gasteiger partial charge in [-0.15, -0.1) is 0 Å². The molecule has 5 heteroatoms. The third kappa shape index (κ3) is 4.15. The molecule has 5 nitrogen and oxygen atoms in total. The summed E-state index contributed by atoms with van der Waals surface area (Å²) in [5.74, 6) is 1.80. The molecule has 0 atom stereocenters. The molecule has 0 radical (unpaired) electrons. The van der Waals surface area contributed by atoms with E-state index in [1.807, 2.05) is 78.9 Å². The van der Waals surface area contributed by atoms with Crippen LogP contribution in [-0.2, 0) is 0 Å². The lowest BCUT2D eigenvalue weighted by molar-refractivity contribution is 0.668. The van der Waals surface area contributed by atoms with Gasteiger partial charge in [-0.05, 0) is 58.3 Å². The fraction of sp³-hybridized carbons (Fsp3) is 0. The van der Waals surface area contributed by atoms with E-state index in [0.717, 1.165) is 82.5 Å². The van der Waals surface area contributed by atoms with Crippen molar-refractivity contribution in [3.05, 3.63) is 152 Å². The first-order valence-corrected chi connectivity index (χ1v) is 15.9. The summed E-state index contributed by atoms with van der Waals surface area (Å²) in [5, 5.41) is 6.43. The highest BCUT2D eigenvalue weighted by atomic mass is 16.3. The van der Waals surface area contributed by atoms with E-state index in [-0.39, 0.29) is 0 Å². The van der Waals surface area contributed by atoms with Crippen LogP contribution in [0.3, 0.4) is 0 Å². The van der Waals surface area contributed by atoms with E-state index < -0.39 is 0 Å². The average Bonchev–Trinajstić information content (AvgIpc) is 3.73. The van der Waals surface area contributed by atoms with Crippen LogP contribution >= 0.6 is 0 Å². The molecule has 10 aromatic rings. The minimum Gasteiger partial charge on any atom is -0.456 e. The van der Waals surface area contributed by atoms with Crippen LogP contribution in [0, 0.1) is 0 Å². The van der Waals surface area contributed by atoms with Gasteiger partial charge in [0, 0.05) is 38.2 Å². The second kappa shape index (κ2) is 10.5. The van der Waals surface area contributed by atoms with Gasteiger partial charge in [-0.2, -0.15) is 0 Å². The number of benzene rings is 7. The quantitative estimate of drug-likeness (QED) is 0.197. The first-order chi connectivity index (χ1) is 23.8. The number of fused-ring (bicyclic) bond motifs is 8. The summed E-state index contributed by atoms with van der Waals surface area (Å²) in [6.45, 7) is 0. The maximum absolute atomic E-state index is 6.36. The van der Waals surface area contributed by atoms with Gasteiger partial charge in [0.15, 0.2) is 17.5 Å². The van der Waals surface area contributed by atoms with Crippen LogP contribution in [0.2, 0.25) is 0 Å². The van der Waals surface area contributed by atoms with Crippen LogP contribution in [0.15, 0.2) is 160 Å². The summed E-state index contributed by atoms with van der Waals surface area (Å²) in [4.78, 5) is 15.5. The molecule has 7 aromatic carbocycles. The minimum atomic E-state index is 0.589. The first kappa shape index (κ1) is 26.6. The van der Waals surface area contributed by atoms with Crippen molar-refractivity contribution in [3.8, 4) is 45.3 Å². The predicted octanol–water partition coefficient (Wildman–Crippen LogP) is 11.5. The molecule has 0 saturated heterocycles. The Kier molecular flexibility index (Phi) is 5.81. The van der Waals surface area contributed by atoms with Crippen molar-refractivity contribution in [1.82, 2.24) is 15.0 Å². The van der Waals surface area contributed by atoms with Crippen molar-refractivity contribution >= 4 is 54.6 Å². The third-order valence-electron chi connectivity index (χ3n) is 9.14. The molecule has 0 spiro atoms. The fourth-order valence-corrected chi connectivity index (χ4v) is 6.93. The van der Waals surface area contributed by atoms with Crippen molar-refractivity contribution in [2.75, 3.05) is 0 Å². The summed E-state index contributed by atoms with van der Waals surface area (Å²) in [5.41, 5.74) is 8.20. The monoisotopic (exact) mass is 615 g/mol. The fourth-order valence-electron chi connectivity index (χ4n) is 6.93. The summed E-state index contributed by atoms with van der Waals surface area (Å²) >= 11 is 0. The van der Waals surface area contributed by atoms with E-state index in [0.29, 0.717) is 17.5 Å². The average molecular weight is 616 g/mol. The second-order valence-electron chi connectivity index (χ2n) is 12.0. The number of furan rings is 2. The summed E-state index contributed by atoms with van der Waals surface area (Å²) in [6.07, 6.45) is 0. The Morgan fingerprint density at radius 1 is 0.354 bits per heavy atom. The molecule has 0 aliphatic heterocycles. The van der Waals surface area contributed by atoms with Crippen molar-refractivity contribution in [3.63, 3.8) is 0 Å². The van der Waals surface area contributed by atoms with Crippen LogP contribution in [0.5, 0.6) is 0 Å². The maximum Gasteiger partial charge on any atom is 0.165 e. The first-order valence-electron chi connectivity index (χ1n) is 15.9. The normalized spacial score (nSPS) is 11.8. The van der Waals surface area contributed by atoms with E-state index in [1.54, 1.807) is 0 Å². The van der Waals surface area contributed by atoms with Crippen molar-refractivity contribution in [2.45, 2.75) is 0 Å². The van der Waals surface area contributed by atoms with E-state index in [9.17, 15) is 0 Å². The molecule has 0 amide bonds. The second-order valence-corrected chi connectivity index (χ2v) is 12.0. The molecule has 0 aliphatic carbocycles. The number of rotatable bonds is 4. The van der Waals surface area contributed by atoms with Gasteiger partial charge in [0.1, 0.15) is 22.3 Å². The predicted molar refractivity (Wildman–Crippen MR) is 194 cm³/mol. The lowest BCUT2D eigenvalue weighted by Gasteiger charge is -2.13. The maximum atomic E-state index is 6.36. The Bertz CT molecular complexity index is 2840. The van der Waals surface area contributed by atoms with E-state index in [2.05, 4.69) is 72.8 Å². The summed E-state index contributed by atoms with van der Waals surface area (Å²) < 4.78 is 12.5. The Labute approximate surface area is 274 Å². The largest absolute Gasteiger partial charge is 0.456 e. The van der Waals surface area contributed by atoms with Crippen LogP contribution in [0.1, 0.15) is 0 Å². The van der Waals surface area contributed by atoms with Gasteiger partial charge in [-0.1, -0.05) is 115 Å². The Hall–Kier alpha value is -6.59. The molecule has 10 rings (SSSR count). The topological polar surface area (TPSA) is 65.0 Å². The molecule has 0 aliphatic rings. The lowest BCUT2D eigenvalue weighted by Crippen LogP contribution is -2.01. The Morgan fingerprint density at radius 3 is 1.65 bits per heavy atom. The molecule has 224 valence electrons. The number of para-hydroxylation sites is 2. The van der Waals surface area contributed by atoms with Gasteiger partial charge in [0.05, 0.1) is 0 Å². The summed E-state index contributed by atoms with van der Waals surface area (Å²) in [6, 6.07) is 51.5. The van der Waals surface area contributed by atoms with Crippen LogP contribution in [0.4, 0.5) is 0 Å².